The molecule has 0 fully saturated rings. The van der Waals surface area contributed by atoms with Crippen molar-refractivity contribution in [1.29, 1.82) is 0 Å². The fourth-order valence-corrected chi connectivity index (χ4v) is 1.51. The maximum absolute atomic E-state index is 10.5. The van der Waals surface area contributed by atoms with Gasteiger partial charge >= 0.3 is 6.03 Å². The molecule has 0 spiro atoms. The third-order valence-corrected chi connectivity index (χ3v) is 2.32. The van der Waals surface area contributed by atoms with Gasteiger partial charge in [-0.25, -0.2) is 14.8 Å². The highest BCUT2D eigenvalue weighted by Crippen LogP contribution is 2.19. The fraction of sp³-hybridized carbons (Fsp3) is 0.545. The Morgan fingerprint density at radius 3 is 2.33 bits per heavy atom. The van der Waals surface area contributed by atoms with Crippen LogP contribution in [-0.2, 0) is 0 Å². The Kier molecular flexibility index (Phi) is 5.16. The number of carbonyl (C=O) groups excluding carboxylic acids is 1. The smallest absolute Gasteiger partial charge is 0.312 e. The first kappa shape index (κ1) is 14.0. The van der Waals surface area contributed by atoms with Gasteiger partial charge < -0.3 is 21.7 Å². The van der Waals surface area contributed by atoms with E-state index in [-0.39, 0.29) is 0 Å². The van der Waals surface area contributed by atoms with E-state index in [0.717, 1.165) is 23.7 Å². The van der Waals surface area contributed by atoms with Gasteiger partial charge in [0.15, 0.2) is 0 Å². The predicted octanol–water partition coefficient (Wildman–Crippen LogP) is 0.605. The molecule has 0 atom stereocenters. The highest BCUT2D eigenvalue weighted by Gasteiger charge is 2.07. The second kappa shape index (κ2) is 6.63. The van der Waals surface area contributed by atoms with E-state index >= 15 is 0 Å². The molecule has 5 N–H and O–H groups in total. The van der Waals surface area contributed by atoms with Gasteiger partial charge in [0.2, 0.25) is 0 Å². The minimum absolute atomic E-state index is 0.453. The summed E-state index contributed by atoms with van der Waals surface area (Å²) >= 11 is 0. The Labute approximate surface area is 107 Å². The standard InChI is InChI=1S/C11H20N6O/c1-4-13-9-7(2)10(17-8(3)16-9)14-5-6-15-11(12)18/h4-6H2,1-3H3,(H3,12,15,18)(H2,13,14,16,17). The van der Waals surface area contributed by atoms with Gasteiger partial charge in [0.05, 0.1) is 0 Å². The quantitative estimate of drug-likeness (QED) is 0.555. The molecule has 1 heterocycles. The van der Waals surface area contributed by atoms with Crippen LogP contribution in [0, 0.1) is 13.8 Å². The molecular formula is C11H20N6O. The number of rotatable bonds is 6. The molecular weight excluding hydrogens is 232 g/mol. The average Bonchev–Trinajstić information content (AvgIpc) is 2.30. The second-order valence-corrected chi connectivity index (χ2v) is 3.84. The van der Waals surface area contributed by atoms with E-state index in [4.69, 9.17) is 5.73 Å². The van der Waals surface area contributed by atoms with Gasteiger partial charge in [-0.15, -0.1) is 0 Å². The zero-order chi connectivity index (χ0) is 13.5. The van der Waals surface area contributed by atoms with Crippen LogP contribution < -0.4 is 21.7 Å². The van der Waals surface area contributed by atoms with Crippen molar-refractivity contribution in [3.05, 3.63) is 11.4 Å². The van der Waals surface area contributed by atoms with Crippen LogP contribution in [0.4, 0.5) is 16.4 Å². The zero-order valence-electron chi connectivity index (χ0n) is 11.0. The maximum atomic E-state index is 10.5. The van der Waals surface area contributed by atoms with E-state index in [9.17, 15) is 4.79 Å². The number of nitrogens with two attached hydrogens (primary N) is 1. The molecule has 1 rings (SSSR count). The highest BCUT2D eigenvalue weighted by molar-refractivity contribution is 5.71. The Balaban J connectivity index is 2.66. The first-order valence-electron chi connectivity index (χ1n) is 5.90. The van der Waals surface area contributed by atoms with Crippen LogP contribution in [0.2, 0.25) is 0 Å². The molecule has 18 heavy (non-hydrogen) atoms. The Morgan fingerprint density at radius 1 is 1.17 bits per heavy atom. The third-order valence-electron chi connectivity index (χ3n) is 2.32. The normalized spacial score (nSPS) is 9.94. The monoisotopic (exact) mass is 252 g/mol. The van der Waals surface area contributed by atoms with Crippen LogP contribution in [0.5, 0.6) is 0 Å². The van der Waals surface area contributed by atoms with E-state index in [1.54, 1.807) is 0 Å². The summed E-state index contributed by atoms with van der Waals surface area (Å²) in [4.78, 5) is 19.2. The lowest BCUT2D eigenvalue weighted by molar-refractivity contribution is 0.249. The minimum atomic E-state index is -0.527. The number of hydrogen-bond donors (Lipinski definition) is 4. The third kappa shape index (κ3) is 4.08. The number of aryl methyl sites for hydroxylation is 1. The number of hydrogen-bond acceptors (Lipinski definition) is 5. The molecule has 1 aromatic heterocycles. The molecule has 0 saturated carbocycles. The highest BCUT2D eigenvalue weighted by atomic mass is 16.2. The summed E-state index contributed by atoms with van der Waals surface area (Å²) in [6.45, 7) is 7.62. The van der Waals surface area contributed by atoms with Crippen molar-refractivity contribution in [2.24, 2.45) is 5.73 Å². The molecule has 0 aliphatic rings. The zero-order valence-corrected chi connectivity index (χ0v) is 11.0. The summed E-state index contributed by atoms with van der Waals surface area (Å²) in [5.41, 5.74) is 5.94. The molecule has 1 aromatic rings. The van der Waals surface area contributed by atoms with Gasteiger partial charge in [-0.2, -0.15) is 0 Å². The lowest BCUT2D eigenvalue weighted by Gasteiger charge is -2.13. The number of carbonyl (C=O) groups is 1. The van der Waals surface area contributed by atoms with Gasteiger partial charge in [0.25, 0.3) is 0 Å². The second-order valence-electron chi connectivity index (χ2n) is 3.84. The maximum Gasteiger partial charge on any atom is 0.312 e. The fourth-order valence-electron chi connectivity index (χ4n) is 1.51. The number of nitrogens with one attached hydrogen (secondary N) is 3. The lowest BCUT2D eigenvalue weighted by Crippen LogP contribution is -2.33. The van der Waals surface area contributed by atoms with Crippen molar-refractivity contribution in [3.63, 3.8) is 0 Å². The van der Waals surface area contributed by atoms with Crippen LogP contribution in [-0.4, -0.2) is 35.6 Å². The van der Waals surface area contributed by atoms with Crippen molar-refractivity contribution in [1.82, 2.24) is 15.3 Å². The largest absolute Gasteiger partial charge is 0.370 e. The molecule has 0 aliphatic carbocycles. The van der Waals surface area contributed by atoms with Crippen molar-refractivity contribution in [3.8, 4) is 0 Å². The van der Waals surface area contributed by atoms with E-state index in [2.05, 4.69) is 25.9 Å². The van der Waals surface area contributed by atoms with E-state index in [1.807, 2.05) is 20.8 Å². The van der Waals surface area contributed by atoms with Crippen LogP contribution in [0.3, 0.4) is 0 Å². The van der Waals surface area contributed by atoms with E-state index < -0.39 is 6.03 Å². The molecule has 0 bridgehead atoms. The summed E-state index contributed by atoms with van der Waals surface area (Å²) in [6, 6.07) is -0.527. The molecule has 0 aromatic carbocycles. The van der Waals surface area contributed by atoms with Gasteiger partial charge in [-0.1, -0.05) is 0 Å². The van der Waals surface area contributed by atoms with Crippen molar-refractivity contribution >= 4 is 17.7 Å². The molecule has 7 nitrogen and oxygen atoms in total. The summed E-state index contributed by atoms with van der Waals surface area (Å²) < 4.78 is 0. The van der Waals surface area contributed by atoms with Crippen LogP contribution in [0.15, 0.2) is 0 Å². The van der Waals surface area contributed by atoms with Gasteiger partial charge in [-0.05, 0) is 20.8 Å². The number of amides is 2. The Bertz CT molecular complexity index is 420. The van der Waals surface area contributed by atoms with E-state index in [0.29, 0.717) is 18.9 Å². The molecule has 2 amide bonds. The number of urea groups is 1. The summed E-state index contributed by atoms with van der Waals surface area (Å²) in [6.07, 6.45) is 0. The van der Waals surface area contributed by atoms with E-state index in [1.165, 1.54) is 0 Å². The number of anilines is 2. The van der Waals surface area contributed by atoms with Gasteiger partial charge in [-0.3, -0.25) is 0 Å². The first-order chi connectivity index (χ1) is 8.54. The molecule has 0 saturated heterocycles. The number of primary amides is 1. The summed E-state index contributed by atoms with van der Waals surface area (Å²) in [5.74, 6) is 2.29. The molecule has 0 aliphatic heterocycles. The van der Waals surface area contributed by atoms with Crippen molar-refractivity contribution < 1.29 is 4.79 Å². The van der Waals surface area contributed by atoms with Gasteiger partial charge in [0, 0.05) is 25.2 Å². The Morgan fingerprint density at radius 2 is 1.78 bits per heavy atom. The van der Waals surface area contributed by atoms with Crippen molar-refractivity contribution in [2.75, 3.05) is 30.3 Å². The number of aromatic nitrogens is 2. The Hall–Kier alpha value is -2.05. The summed E-state index contributed by atoms with van der Waals surface area (Å²) in [7, 11) is 0. The van der Waals surface area contributed by atoms with Crippen molar-refractivity contribution in [2.45, 2.75) is 20.8 Å². The van der Waals surface area contributed by atoms with Crippen LogP contribution in [0.1, 0.15) is 18.3 Å². The minimum Gasteiger partial charge on any atom is -0.370 e. The first-order valence-corrected chi connectivity index (χ1v) is 5.90. The molecule has 100 valence electrons. The van der Waals surface area contributed by atoms with Gasteiger partial charge in [0.1, 0.15) is 17.5 Å². The molecule has 0 radical (unpaired) electrons. The topological polar surface area (TPSA) is 105 Å². The SMILES string of the molecule is CCNc1nc(C)nc(NCCNC(N)=O)c1C. The van der Waals surface area contributed by atoms with Crippen LogP contribution >= 0.6 is 0 Å². The van der Waals surface area contributed by atoms with Crippen LogP contribution in [0.25, 0.3) is 0 Å². The average molecular weight is 252 g/mol. The summed E-state index contributed by atoms with van der Waals surface area (Å²) in [5, 5.41) is 8.84. The number of nitrogens with zero attached hydrogens (tertiary/aromatic N) is 2. The molecule has 7 heteroatoms. The predicted molar refractivity (Wildman–Crippen MR) is 71.7 cm³/mol. The molecule has 0 unspecified atom stereocenters. The lowest BCUT2D eigenvalue weighted by atomic mass is 10.3.